The zero-order valence-electron chi connectivity index (χ0n) is 23.0. The van der Waals surface area contributed by atoms with Crippen molar-refractivity contribution in [2.45, 2.75) is 69.4 Å². The molecule has 1 amide bonds. The first-order valence-electron chi connectivity index (χ1n) is 14.0. The molecule has 5 rings (SSSR count). The molecule has 216 valence electrons. The molecule has 1 aromatic heterocycles. The standard InChI is InChI=1S/C30H37F3N4O3/c1-36(2)18-22-6-7-27(34-17-22)29(39)11-8-20(9-12-29)14-21-10-13-37(19-21)28(38)26-16-25(35-40-26)23-4-3-5-24(15-23)30(31,32)33/h3-7,15,17,20-21,26,39H,8-14,16,18-19H2,1-2H3. The van der Waals surface area contributed by atoms with E-state index >= 15 is 0 Å². The quantitative estimate of drug-likeness (QED) is 0.519. The number of alkyl halides is 3. The van der Waals surface area contributed by atoms with Gasteiger partial charge in [0.2, 0.25) is 6.10 Å². The molecule has 2 fully saturated rings. The molecule has 0 radical (unpaired) electrons. The lowest BCUT2D eigenvalue weighted by Crippen LogP contribution is -2.38. The molecule has 40 heavy (non-hydrogen) atoms. The molecule has 1 saturated carbocycles. The van der Waals surface area contributed by atoms with Gasteiger partial charge < -0.3 is 19.7 Å². The maximum absolute atomic E-state index is 13.1. The molecule has 0 bridgehead atoms. The normalized spacial score (nSPS) is 27.1. The minimum absolute atomic E-state index is 0.157. The highest BCUT2D eigenvalue weighted by Crippen LogP contribution is 2.42. The van der Waals surface area contributed by atoms with Crippen LogP contribution in [0.5, 0.6) is 0 Å². The first-order valence-corrected chi connectivity index (χ1v) is 14.0. The topological polar surface area (TPSA) is 78.3 Å². The monoisotopic (exact) mass is 558 g/mol. The predicted molar refractivity (Wildman–Crippen MR) is 144 cm³/mol. The van der Waals surface area contributed by atoms with E-state index in [2.05, 4.69) is 15.0 Å². The lowest BCUT2D eigenvalue weighted by Gasteiger charge is -2.36. The average Bonchev–Trinajstić information content (AvgIpc) is 3.60. The number of nitrogens with zero attached hydrogens (tertiary/aromatic N) is 4. The van der Waals surface area contributed by atoms with Crippen LogP contribution in [0.4, 0.5) is 13.2 Å². The molecular weight excluding hydrogens is 521 g/mol. The minimum atomic E-state index is -4.44. The molecule has 1 aliphatic carbocycles. The van der Waals surface area contributed by atoms with Crippen LogP contribution in [0.15, 0.2) is 47.8 Å². The Hall–Kier alpha value is -2.98. The summed E-state index contributed by atoms with van der Waals surface area (Å²) in [6, 6.07) is 8.94. The van der Waals surface area contributed by atoms with Gasteiger partial charge in [-0.25, -0.2) is 0 Å². The van der Waals surface area contributed by atoms with Crippen molar-refractivity contribution in [2.75, 3.05) is 27.2 Å². The van der Waals surface area contributed by atoms with E-state index in [0.29, 0.717) is 49.0 Å². The summed E-state index contributed by atoms with van der Waals surface area (Å²) in [4.78, 5) is 27.0. The van der Waals surface area contributed by atoms with Crippen LogP contribution in [-0.4, -0.2) is 64.8 Å². The Bertz CT molecular complexity index is 1220. The molecule has 1 saturated heterocycles. The third-order valence-corrected chi connectivity index (χ3v) is 8.46. The van der Waals surface area contributed by atoms with Gasteiger partial charge in [-0.3, -0.25) is 9.78 Å². The van der Waals surface area contributed by atoms with Crippen LogP contribution in [0.1, 0.15) is 67.3 Å². The summed E-state index contributed by atoms with van der Waals surface area (Å²) in [5, 5.41) is 15.2. The molecule has 7 nitrogen and oxygen atoms in total. The Labute approximate surface area is 233 Å². The second kappa shape index (κ2) is 11.5. The highest BCUT2D eigenvalue weighted by molar-refractivity contribution is 6.04. The summed E-state index contributed by atoms with van der Waals surface area (Å²) in [5.41, 5.74) is 0.905. The molecule has 10 heteroatoms. The zero-order chi connectivity index (χ0) is 28.5. The Balaban J connectivity index is 1.09. The Morgan fingerprint density at radius 3 is 2.60 bits per heavy atom. The van der Waals surface area contributed by atoms with E-state index in [4.69, 9.17) is 4.84 Å². The molecule has 2 aromatic rings. The molecular formula is C30H37F3N4O3. The third-order valence-electron chi connectivity index (χ3n) is 8.46. The minimum Gasteiger partial charge on any atom is -0.384 e. The fraction of sp³-hybridized carbons (Fsp3) is 0.567. The van der Waals surface area contributed by atoms with Crippen molar-refractivity contribution in [1.82, 2.24) is 14.8 Å². The molecule has 2 atom stereocenters. The van der Waals surface area contributed by atoms with Gasteiger partial charge in [-0.1, -0.05) is 23.4 Å². The number of halogens is 3. The number of likely N-dealkylation sites (tertiary alicyclic amines) is 1. The van der Waals surface area contributed by atoms with E-state index in [-0.39, 0.29) is 12.3 Å². The lowest BCUT2D eigenvalue weighted by molar-refractivity contribution is -0.141. The van der Waals surface area contributed by atoms with Crippen LogP contribution in [0.25, 0.3) is 0 Å². The number of aromatic nitrogens is 1. The molecule has 3 aliphatic rings. The maximum atomic E-state index is 13.1. The van der Waals surface area contributed by atoms with E-state index in [1.807, 2.05) is 32.4 Å². The van der Waals surface area contributed by atoms with Crippen molar-refractivity contribution in [3.05, 3.63) is 65.0 Å². The van der Waals surface area contributed by atoms with Gasteiger partial charge in [-0.15, -0.1) is 0 Å². The summed E-state index contributed by atoms with van der Waals surface area (Å²) in [6.45, 7) is 2.10. The first kappa shape index (κ1) is 28.5. The average molecular weight is 559 g/mol. The number of pyridine rings is 1. The Kier molecular flexibility index (Phi) is 8.20. The molecule has 2 unspecified atom stereocenters. The number of hydrogen-bond acceptors (Lipinski definition) is 6. The number of amides is 1. The lowest BCUT2D eigenvalue weighted by atomic mass is 9.74. The van der Waals surface area contributed by atoms with Gasteiger partial charge in [0.15, 0.2) is 0 Å². The predicted octanol–water partition coefficient (Wildman–Crippen LogP) is 4.97. The van der Waals surface area contributed by atoms with Gasteiger partial charge in [0.1, 0.15) is 5.60 Å². The highest BCUT2D eigenvalue weighted by Gasteiger charge is 2.40. The molecule has 1 aromatic carbocycles. The maximum Gasteiger partial charge on any atom is 0.416 e. The van der Waals surface area contributed by atoms with Gasteiger partial charge in [-0.05, 0) is 88.2 Å². The largest absolute Gasteiger partial charge is 0.416 e. The third kappa shape index (κ3) is 6.49. The molecule has 2 aliphatic heterocycles. The SMILES string of the molecule is CN(C)Cc1ccc(C2(O)CCC(CC3CCN(C(=O)C4CC(c5cccc(C(F)(F)F)c5)=NO4)C3)CC2)nc1. The number of benzene rings is 1. The highest BCUT2D eigenvalue weighted by atomic mass is 19.4. The summed E-state index contributed by atoms with van der Waals surface area (Å²) < 4.78 is 39.3. The van der Waals surface area contributed by atoms with Crippen LogP contribution < -0.4 is 0 Å². The van der Waals surface area contributed by atoms with Crippen LogP contribution in [0.3, 0.4) is 0 Å². The number of carbonyl (C=O) groups excluding carboxylic acids is 1. The summed E-state index contributed by atoms with van der Waals surface area (Å²) in [6.07, 6.45) is 1.88. The zero-order valence-corrected chi connectivity index (χ0v) is 23.0. The number of oxime groups is 1. The van der Waals surface area contributed by atoms with E-state index < -0.39 is 23.4 Å². The van der Waals surface area contributed by atoms with Crippen molar-refractivity contribution >= 4 is 11.6 Å². The molecule has 0 spiro atoms. The van der Waals surface area contributed by atoms with Crippen molar-refractivity contribution in [3.63, 3.8) is 0 Å². The fourth-order valence-electron chi connectivity index (χ4n) is 6.26. The van der Waals surface area contributed by atoms with Crippen LogP contribution >= 0.6 is 0 Å². The summed E-state index contributed by atoms with van der Waals surface area (Å²) in [7, 11) is 4.03. The fourth-order valence-corrected chi connectivity index (χ4v) is 6.26. The summed E-state index contributed by atoms with van der Waals surface area (Å²) >= 11 is 0. The van der Waals surface area contributed by atoms with Crippen molar-refractivity contribution in [1.29, 1.82) is 0 Å². The van der Waals surface area contributed by atoms with Gasteiger partial charge in [0.25, 0.3) is 5.91 Å². The number of rotatable bonds is 7. The van der Waals surface area contributed by atoms with E-state index in [1.165, 1.54) is 6.07 Å². The number of aliphatic hydroxyl groups is 1. The van der Waals surface area contributed by atoms with Crippen LogP contribution in [0, 0.1) is 11.8 Å². The Morgan fingerprint density at radius 1 is 1.15 bits per heavy atom. The van der Waals surface area contributed by atoms with Crippen molar-refractivity contribution in [3.8, 4) is 0 Å². The van der Waals surface area contributed by atoms with Gasteiger partial charge >= 0.3 is 6.18 Å². The van der Waals surface area contributed by atoms with Gasteiger partial charge in [-0.2, -0.15) is 13.2 Å². The van der Waals surface area contributed by atoms with Gasteiger partial charge in [0.05, 0.1) is 17.0 Å². The van der Waals surface area contributed by atoms with E-state index in [1.54, 1.807) is 11.0 Å². The van der Waals surface area contributed by atoms with Crippen molar-refractivity contribution < 1.29 is 27.9 Å². The van der Waals surface area contributed by atoms with Crippen LogP contribution in [0.2, 0.25) is 0 Å². The van der Waals surface area contributed by atoms with E-state index in [9.17, 15) is 23.1 Å². The van der Waals surface area contributed by atoms with Gasteiger partial charge in [0, 0.05) is 37.8 Å². The second-order valence-electron chi connectivity index (χ2n) is 11.9. The first-order chi connectivity index (χ1) is 19.0. The molecule has 3 heterocycles. The second-order valence-corrected chi connectivity index (χ2v) is 11.9. The van der Waals surface area contributed by atoms with Crippen molar-refractivity contribution in [2.24, 2.45) is 17.0 Å². The Morgan fingerprint density at radius 2 is 1.93 bits per heavy atom. The van der Waals surface area contributed by atoms with E-state index in [0.717, 1.165) is 55.6 Å². The number of hydrogen-bond donors (Lipinski definition) is 1. The van der Waals surface area contributed by atoms with Crippen LogP contribution in [-0.2, 0) is 28.0 Å². The smallest absolute Gasteiger partial charge is 0.384 e. The number of carbonyl (C=O) groups is 1. The summed E-state index contributed by atoms with van der Waals surface area (Å²) in [5.74, 6) is 0.718. The molecule has 1 N–H and O–H groups in total.